The number of aromatic nitrogens is 14. The van der Waals surface area contributed by atoms with E-state index in [0.717, 1.165) is 63.6 Å². The second-order valence-electron chi connectivity index (χ2n) is 31.6. The Hall–Kier alpha value is -11.5. The number of aryl methyl sites for hydroxylation is 1. The molecule has 10 aromatic heterocycles. The zero-order valence-electron chi connectivity index (χ0n) is 68.5. The lowest BCUT2D eigenvalue weighted by Gasteiger charge is -2.22. The molecule has 5 fully saturated rings. The first kappa shape index (κ1) is 93.7. The van der Waals surface area contributed by atoms with Gasteiger partial charge >= 0.3 is 0 Å². The minimum absolute atomic E-state index is 0.0183. The molecule has 0 saturated carbocycles. The highest BCUT2D eigenvalue weighted by molar-refractivity contribution is 6.31. The van der Waals surface area contributed by atoms with E-state index in [0.29, 0.717) is 39.3 Å². The predicted molar refractivity (Wildman–Crippen MR) is 451 cm³/mol. The van der Waals surface area contributed by atoms with Crippen LogP contribution in [-0.2, 0) is 30.3 Å². The minimum Gasteiger partial charge on any atom is -0.392 e. The molecule has 0 spiro atoms. The maximum absolute atomic E-state index is 13.7. The van der Waals surface area contributed by atoms with Crippen LogP contribution in [0.4, 0.5) is 30.7 Å². The van der Waals surface area contributed by atoms with Gasteiger partial charge in [-0.3, -0.25) is 4.57 Å². The quantitative estimate of drug-likeness (QED) is 0.0456. The van der Waals surface area contributed by atoms with Crippen molar-refractivity contribution < 1.29 is 126 Å². The van der Waals surface area contributed by atoms with Gasteiger partial charge in [-0.05, 0) is 144 Å². The third-order valence-corrected chi connectivity index (χ3v) is 24.1. The van der Waals surface area contributed by atoms with Gasteiger partial charge in [0.2, 0.25) is 0 Å². The van der Waals surface area contributed by atoms with Crippen molar-refractivity contribution in [2.24, 2.45) is 11.5 Å². The Balaban J connectivity index is 0.000000120. The van der Waals surface area contributed by atoms with Gasteiger partial charge in [0.1, 0.15) is 174 Å². The zero-order valence-corrected chi connectivity index (χ0v) is 70.0. The van der Waals surface area contributed by atoms with Crippen LogP contribution in [0, 0.1) is 47.6 Å². The number of nitrogens with zero attached hydrogens (tertiary/aromatic N) is 14. The van der Waals surface area contributed by atoms with Crippen LogP contribution in [0.2, 0.25) is 10.0 Å². The van der Waals surface area contributed by atoms with Crippen molar-refractivity contribution >= 4 is 78.5 Å². The van der Waals surface area contributed by atoms with Crippen molar-refractivity contribution in [3.63, 3.8) is 0 Å². The Morgan fingerprint density at radius 1 is 0.356 bits per heavy atom. The highest BCUT2D eigenvalue weighted by Gasteiger charge is 2.53. The number of benzene rings is 5. The Morgan fingerprint density at radius 2 is 0.720 bits per heavy atom. The molecule has 692 valence electrons. The lowest BCUT2D eigenvalue weighted by atomic mass is 9.97. The molecule has 0 radical (unpaired) electrons. The van der Waals surface area contributed by atoms with Crippen LogP contribution in [0.25, 0.3) is 55.3 Å². The smallest absolute Gasteiger partial charge is 0.165 e. The molecule has 15 aromatic rings. The summed E-state index contributed by atoms with van der Waals surface area (Å²) in [6.07, 6.45) is -9.03. The highest BCUT2D eigenvalue weighted by Crippen LogP contribution is 2.44. The fraction of sp³-hybridized carbons (Fsp3) is 0.307. The molecule has 25 atom stereocenters. The average Bonchev–Trinajstić information content (AvgIpc) is 1.62. The van der Waals surface area contributed by atoms with Crippen molar-refractivity contribution in [1.29, 1.82) is 0 Å². The zero-order chi connectivity index (χ0) is 93.7. The van der Waals surface area contributed by atoms with Crippen LogP contribution in [0.3, 0.4) is 0 Å². The number of nitrogens with two attached hydrogens (primary N) is 2. The standard InChI is InChI=1S/C19H20FN3O5.C18H17F2N3O3.C17H16ClFN4O3.C17H15ClFN3O4.C17H15F2N3O4/c1-9-12-4-5-23(18(12)22-8-21-9)19-16(27)15(26)17(28-19)14(25)10-2-3-13(20)11(6-10)7-24;19-11-4-3-10(8-12(11)20)13(21)16-14(24)15(25)18(26-16)23-7-5-9-2-1-6-22-17(9)23;18-10-2-1-8(5-11(10)19)12(20)15-13(24)14(25)17(26-15)23-4-3-9-6-21-7-22-16(9)23;18-10-2-1-8(5-11(10)19)12(23)15-13(24)14(25)17(26-15)22-4-3-9-6-20-7-21-16(9)22;18-9-4-3-8(6-10(9)19)12(23)15-13(24)14(25)17(26-15)22-7-21-11-2-1-5-20-16(11)22/h2-6,8,14-17,19,24-27H,7H2,1H3;1-8,13-16,18,24-25H,21H2;1-7,12-15,17,24-25H,20H2;2*1-7,12-15,17,23-25H/t14-,15+,16-,17-,19-;13-,14+,15-,16-,18-;3*12-,13+,14-,15-,17-/m11111/s1. The third kappa shape index (κ3) is 18.4. The van der Waals surface area contributed by atoms with Crippen molar-refractivity contribution in [2.45, 2.75) is 167 Å². The van der Waals surface area contributed by atoms with Gasteiger partial charge in [0, 0.05) is 76.7 Å². The Bertz CT molecular complexity index is 6010. The van der Waals surface area contributed by atoms with Gasteiger partial charge in [-0.15, -0.1) is 0 Å². The van der Waals surface area contributed by atoms with E-state index >= 15 is 0 Å². The van der Waals surface area contributed by atoms with E-state index < -0.39 is 200 Å². The van der Waals surface area contributed by atoms with Gasteiger partial charge < -0.3 is 125 Å². The molecule has 0 amide bonds. The molecule has 132 heavy (non-hydrogen) atoms. The molecule has 44 heteroatoms. The van der Waals surface area contributed by atoms with Crippen LogP contribution in [0.1, 0.15) is 101 Å². The molecule has 0 bridgehead atoms. The van der Waals surface area contributed by atoms with Crippen molar-refractivity contribution in [3.8, 4) is 0 Å². The third-order valence-electron chi connectivity index (χ3n) is 23.5. The molecule has 20 rings (SSSR count). The van der Waals surface area contributed by atoms with E-state index in [9.17, 15) is 102 Å². The maximum atomic E-state index is 13.7. The number of rotatable bonds is 16. The summed E-state index contributed by atoms with van der Waals surface area (Å²) in [5, 5.41) is 148. The van der Waals surface area contributed by atoms with Gasteiger partial charge in [-0.25, -0.2) is 75.6 Å². The van der Waals surface area contributed by atoms with Gasteiger partial charge in [-0.2, -0.15) is 0 Å². The molecule has 5 saturated heterocycles. The number of hydrogen-bond donors (Lipinski definition) is 16. The van der Waals surface area contributed by atoms with E-state index in [4.69, 9.17) is 58.4 Å². The van der Waals surface area contributed by atoms with Crippen LogP contribution in [0.5, 0.6) is 0 Å². The molecular weight excluding hydrogens is 1790 g/mol. The van der Waals surface area contributed by atoms with Crippen LogP contribution >= 0.6 is 23.2 Å². The Kier molecular flexibility index (Phi) is 28.0. The predicted octanol–water partition coefficient (Wildman–Crippen LogP) is 6.54. The largest absolute Gasteiger partial charge is 0.392 e. The molecule has 35 nitrogen and oxygen atoms in total. The molecular formula is C88H83Cl2F7N16O19. The normalized spacial score (nSPS) is 26.9. The Labute approximate surface area is 750 Å². The SMILES string of the molecule is Cc1ncnc2c1ccn2[C@@H]1O[C@H]([C@H](O)c2ccc(F)c(CO)c2)[C@@H](O)[C@H]1O.N[C@H](c1ccc(Cl)c(F)c1)[C@H]1O[C@@H](n2ccc3cncnc32)[C@H](O)[C@@H]1O.N[C@H](c1ccc(F)c(F)c1)[C@H]1O[C@@H](n2ccc3cccnc32)[C@H](O)[C@@H]1O.O[C@@H]1[C@H](O)[C@@H]([C@H](O)c2ccc(Cl)c(F)c2)O[C@H]1n1ccc2cncnc21.O[C@@H]1[C@H](O)[C@@H]([C@H](O)c2ccc(F)c(F)c2)O[C@H]1n1cnc2cccnc21. The molecule has 18 N–H and O–H groups in total. The monoisotopic (exact) mass is 1870 g/mol. The lowest BCUT2D eigenvalue weighted by molar-refractivity contribution is -0.0850. The first-order chi connectivity index (χ1) is 63.3. The second-order valence-corrected chi connectivity index (χ2v) is 32.4. The van der Waals surface area contributed by atoms with Crippen molar-refractivity contribution in [2.75, 3.05) is 0 Å². The van der Waals surface area contributed by atoms with E-state index in [1.165, 1.54) is 78.4 Å². The Morgan fingerprint density at radius 3 is 1.20 bits per heavy atom. The molecule has 5 aliphatic rings. The average molecular weight is 1870 g/mol. The summed E-state index contributed by atoms with van der Waals surface area (Å²) in [4.78, 5) is 37.1. The second kappa shape index (κ2) is 39.4. The number of aliphatic hydroxyl groups is 14. The van der Waals surface area contributed by atoms with E-state index in [1.807, 2.05) is 19.1 Å². The molecule has 5 aromatic carbocycles. The summed E-state index contributed by atoms with van der Waals surface area (Å²) in [7, 11) is 0. The summed E-state index contributed by atoms with van der Waals surface area (Å²) in [6.45, 7) is 1.30. The fourth-order valence-corrected chi connectivity index (χ4v) is 16.6. The van der Waals surface area contributed by atoms with Crippen LogP contribution < -0.4 is 11.5 Å². The first-order valence-corrected chi connectivity index (χ1v) is 41.4. The lowest BCUT2D eigenvalue weighted by Crippen LogP contribution is -2.38. The van der Waals surface area contributed by atoms with Gasteiger partial charge in [0.05, 0.1) is 40.8 Å². The summed E-state index contributed by atoms with van der Waals surface area (Å²) in [6, 6.07) is 30.2. The van der Waals surface area contributed by atoms with Crippen molar-refractivity contribution in [3.05, 3.63) is 304 Å². The summed E-state index contributed by atoms with van der Waals surface area (Å²) < 4.78 is 131. The maximum Gasteiger partial charge on any atom is 0.165 e. The number of halogens is 9. The van der Waals surface area contributed by atoms with Gasteiger partial charge in [-0.1, -0.05) is 53.5 Å². The summed E-state index contributed by atoms with van der Waals surface area (Å²) >= 11 is 11.3. The number of hydrogen-bond acceptors (Lipinski definition) is 30. The molecule has 0 aliphatic carbocycles. The summed E-state index contributed by atoms with van der Waals surface area (Å²) in [5.41, 5.74) is 17.4. The highest BCUT2D eigenvalue weighted by atomic mass is 35.5. The number of aliphatic hydroxyl groups excluding tert-OH is 14. The number of ether oxygens (including phenoxy) is 5. The molecule has 15 heterocycles. The van der Waals surface area contributed by atoms with Crippen LogP contribution in [-0.4, -0.2) is 231 Å². The number of fused-ring (bicyclic) bond motifs is 5. The molecule has 0 unspecified atom stereocenters. The fourth-order valence-electron chi connectivity index (χ4n) is 16.4. The number of imidazole rings is 1. The number of pyridine rings is 2. The van der Waals surface area contributed by atoms with E-state index in [1.54, 1.807) is 110 Å². The topological polar surface area (TPSA) is 522 Å². The van der Waals surface area contributed by atoms with E-state index in [2.05, 4.69) is 44.9 Å². The van der Waals surface area contributed by atoms with Crippen molar-refractivity contribution in [1.82, 2.24) is 67.7 Å². The van der Waals surface area contributed by atoms with Gasteiger partial charge in [0.15, 0.2) is 60.1 Å². The first-order valence-electron chi connectivity index (χ1n) is 40.6. The van der Waals surface area contributed by atoms with Gasteiger partial charge in [0.25, 0.3) is 0 Å². The summed E-state index contributed by atoms with van der Waals surface area (Å²) in [5.74, 6) is -6.12. The van der Waals surface area contributed by atoms with Crippen LogP contribution in [0.15, 0.2) is 214 Å². The molecule has 5 aliphatic heterocycles. The van der Waals surface area contributed by atoms with E-state index in [-0.39, 0.29) is 37.9 Å². The minimum atomic E-state index is -1.47.